The number of amides is 4. The highest BCUT2D eigenvalue weighted by atomic mass is 32.2. The van der Waals surface area contributed by atoms with Crippen molar-refractivity contribution >= 4 is 33.5 Å². The van der Waals surface area contributed by atoms with Crippen LogP contribution >= 0.6 is 0 Å². The van der Waals surface area contributed by atoms with Gasteiger partial charge in [-0.15, -0.1) is 0 Å². The first-order valence-electron chi connectivity index (χ1n) is 13.3. The first kappa shape index (κ1) is 33.6. The quantitative estimate of drug-likeness (QED) is 0.350. The monoisotopic (exact) mass is 632 g/mol. The van der Waals surface area contributed by atoms with Gasteiger partial charge in [-0.05, 0) is 37.2 Å². The summed E-state index contributed by atoms with van der Waals surface area (Å²) in [5, 5.41) is 4.81. The van der Waals surface area contributed by atoms with E-state index >= 15 is 8.78 Å². The molecule has 0 aromatic carbocycles. The van der Waals surface area contributed by atoms with E-state index in [4.69, 9.17) is 0 Å². The van der Waals surface area contributed by atoms with Gasteiger partial charge in [0.1, 0.15) is 12.1 Å². The molecule has 4 aliphatic rings. The van der Waals surface area contributed by atoms with Crippen LogP contribution in [0.3, 0.4) is 0 Å². The number of sulfone groups is 1. The summed E-state index contributed by atoms with van der Waals surface area (Å²) in [4.78, 5) is 52.0. The summed E-state index contributed by atoms with van der Waals surface area (Å²) in [7, 11) is -4.38. The molecule has 0 radical (unpaired) electrons. The summed E-state index contributed by atoms with van der Waals surface area (Å²) in [6.45, 7) is 4.31. The zero-order chi connectivity index (χ0) is 32.0. The fourth-order valence-electron chi connectivity index (χ4n) is 5.73. The lowest BCUT2D eigenvalue weighted by atomic mass is 9.70. The fourth-order valence-corrected chi connectivity index (χ4v) is 6.14. The second kappa shape index (κ2) is 11.7. The fraction of sp³-hybridized carbons (Fsp3) is 0.760. The molecule has 6 atom stereocenters. The molecule has 4 amide bonds. The van der Waals surface area contributed by atoms with Gasteiger partial charge in [0, 0.05) is 31.2 Å². The molecular weight excluding hydrogens is 598 g/mol. The first-order valence-corrected chi connectivity index (χ1v) is 15.2. The van der Waals surface area contributed by atoms with E-state index in [1.165, 1.54) is 20.8 Å². The van der Waals surface area contributed by atoms with E-state index in [0.717, 1.165) is 4.90 Å². The van der Waals surface area contributed by atoms with E-state index in [1.54, 1.807) is 5.32 Å². The molecule has 10 nitrogen and oxygen atoms in total. The maximum atomic E-state index is 15.1. The lowest BCUT2D eigenvalue weighted by molar-refractivity contribution is -0.197. The topological polar surface area (TPSA) is 142 Å². The summed E-state index contributed by atoms with van der Waals surface area (Å²) in [5.74, 6) is -11.3. The minimum atomic E-state index is -5.36. The van der Waals surface area contributed by atoms with Crippen LogP contribution in [0.4, 0.5) is 26.3 Å². The third-order valence-corrected chi connectivity index (χ3v) is 8.66. The van der Waals surface area contributed by atoms with Crippen LogP contribution in [-0.2, 0) is 29.0 Å². The predicted molar refractivity (Wildman–Crippen MR) is 136 cm³/mol. The second-order valence-corrected chi connectivity index (χ2v) is 14.1. The lowest BCUT2D eigenvalue weighted by Crippen LogP contribution is -2.71. The molecule has 3 aliphatic heterocycles. The van der Waals surface area contributed by atoms with Crippen LogP contribution in [0.1, 0.15) is 52.9 Å². The third-order valence-electron chi connectivity index (χ3n) is 7.82. The predicted octanol–water partition coefficient (Wildman–Crippen LogP) is 1.96. The van der Waals surface area contributed by atoms with E-state index in [-0.39, 0.29) is 32.2 Å². The van der Waals surface area contributed by atoms with Gasteiger partial charge in [0.05, 0.1) is 12.0 Å². The highest BCUT2D eigenvalue weighted by Crippen LogP contribution is 2.49. The van der Waals surface area contributed by atoms with Gasteiger partial charge in [0.15, 0.2) is 0 Å². The number of piperidine rings is 2. The normalized spacial score (nSPS) is 27.7. The molecule has 3 heterocycles. The molecular formula is C25H34F6N4O6S. The van der Waals surface area contributed by atoms with Gasteiger partial charge in [-0.2, -0.15) is 17.6 Å². The molecule has 238 valence electrons. The third kappa shape index (κ3) is 7.37. The Labute approximate surface area is 238 Å². The number of hydrogen-bond donors (Lipinski definition) is 3. The number of nitrogens with zero attached hydrogens (tertiary/aromatic N) is 1. The van der Waals surface area contributed by atoms with E-state index in [1.807, 2.05) is 0 Å². The number of halogens is 6. The van der Waals surface area contributed by atoms with Gasteiger partial charge in [0.2, 0.25) is 32.7 Å². The molecule has 0 unspecified atom stereocenters. The molecule has 3 N–H and O–H groups in total. The molecule has 3 saturated heterocycles. The highest BCUT2D eigenvalue weighted by molar-refractivity contribution is 7.94. The summed E-state index contributed by atoms with van der Waals surface area (Å²) >= 11 is 0. The number of rotatable bonds is 8. The zero-order valence-corrected chi connectivity index (χ0v) is 24.2. The van der Waals surface area contributed by atoms with Crippen molar-refractivity contribution in [2.24, 2.45) is 17.3 Å². The molecule has 2 bridgehead atoms. The first-order chi connectivity index (χ1) is 19.0. The van der Waals surface area contributed by atoms with E-state index < -0.39 is 98.6 Å². The van der Waals surface area contributed by atoms with Gasteiger partial charge < -0.3 is 20.9 Å². The molecule has 1 saturated carbocycles. The SMILES string of the molecule is CC(C)(C)[C@@H](NC(=O)C(F)(F)F)C(=O)N1[C@@H]2CC[C@H]([C@@H]1C(=O)N[C@H](/C=C(\F)S(C)(=O)=O)C[C@H]1CCNC1=O)C(F)(F)C2. The van der Waals surface area contributed by atoms with E-state index in [9.17, 15) is 45.2 Å². The van der Waals surface area contributed by atoms with Crippen molar-refractivity contribution < 1.29 is 53.9 Å². The summed E-state index contributed by atoms with van der Waals surface area (Å²) in [6.07, 6.45) is -5.38. The van der Waals surface area contributed by atoms with Gasteiger partial charge in [-0.3, -0.25) is 19.2 Å². The Morgan fingerprint density at radius 2 is 1.74 bits per heavy atom. The molecule has 0 spiro atoms. The van der Waals surface area contributed by atoms with Crippen LogP contribution < -0.4 is 16.0 Å². The average molecular weight is 633 g/mol. The molecule has 0 aromatic rings. The van der Waals surface area contributed by atoms with Crippen LogP contribution in [0.5, 0.6) is 0 Å². The number of fused-ring (bicyclic) bond motifs is 3. The van der Waals surface area contributed by atoms with Crippen LogP contribution in [0.15, 0.2) is 11.2 Å². The Hall–Kier alpha value is -2.85. The maximum absolute atomic E-state index is 15.1. The summed E-state index contributed by atoms with van der Waals surface area (Å²) in [5.41, 5.74) is -1.35. The van der Waals surface area contributed by atoms with E-state index in [0.29, 0.717) is 12.3 Å². The number of carbonyl (C=O) groups excluding carboxylic acids is 4. The van der Waals surface area contributed by atoms with Crippen LogP contribution in [-0.4, -0.2) is 86.0 Å². The van der Waals surface area contributed by atoms with Gasteiger partial charge in [-0.1, -0.05) is 20.8 Å². The van der Waals surface area contributed by atoms with Crippen molar-refractivity contribution in [3.8, 4) is 0 Å². The largest absolute Gasteiger partial charge is 0.471 e. The smallest absolute Gasteiger partial charge is 0.356 e. The van der Waals surface area contributed by atoms with Crippen molar-refractivity contribution in [1.82, 2.24) is 20.9 Å². The molecule has 4 fully saturated rings. The Kier molecular flexibility index (Phi) is 9.36. The zero-order valence-electron chi connectivity index (χ0n) is 23.4. The minimum Gasteiger partial charge on any atom is -0.356 e. The van der Waals surface area contributed by atoms with Gasteiger partial charge >= 0.3 is 12.1 Å². The number of carbonyl (C=O) groups is 4. The Balaban J connectivity index is 2.00. The Bertz CT molecular complexity index is 1250. The molecule has 17 heteroatoms. The van der Waals surface area contributed by atoms with Gasteiger partial charge in [0.25, 0.3) is 5.92 Å². The van der Waals surface area contributed by atoms with Crippen LogP contribution in [0.2, 0.25) is 0 Å². The molecule has 1 aliphatic carbocycles. The standard InChI is InChI=1S/C25H34F6N4O6S/c1-23(2,3)18(34-22(39)25(29,30)31)21(38)35-14-5-6-15(24(27,28)11-14)17(35)20(37)33-13(10-16(26)42(4,40)41)9-12-7-8-32-19(12)36/h10,12-15,17-18H,5-9,11H2,1-4H3,(H,32,36)(H,33,37)(H,34,39)/b16-10+/t12-,13+,14-,15-,17-,18+/m1/s1. The second-order valence-electron chi connectivity index (χ2n) is 12.1. The number of alkyl halides is 5. The molecule has 4 rings (SSSR count). The van der Waals surface area contributed by atoms with Crippen molar-refractivity contribution in [3.05, 3.63) is 11.2 Å². The van der Waals surface area contributed by atoms with Crippen molar-refractivity contribution in [1.29, 1.82) is 0 Å². The van der Waals surface area contributed by atoms with Crippen molar-refractivity contribution in [2.75, 3.05) is 12.8 Å². The van der Waals surface area contributed by atoms with Crippen molar-refractivity contribution in [2.45, 2.75) is 89.1 Å². The number of hydrogen-bond acceptors (Lipinski definition) is 6. The summed E-state index contributed by atoms with van der Waals surface area (Å²) < 4.78 is 107. The minimum absolute atomic E-state index is 0.00808. The Morgan fingerprint density at radius 1 is 1.12 bits per heavy atom. The van der Waals surface area contributed by atoms with Crippen molar-refractivity contribution in [3.63, 3.8) is 0 Å². The maximum Gasteiger partial charge on any atom is 0.471 e. The Morgan fingerprint density at radius 3 is 2.21 bits per heavy atom. The molecule has 42 heavy (non-hydrogen) atoms. The van der Waals surface area contributed by atoms with E-state index in [2.05, 4.69) is 10.6 Å². The van der Waals surface area contributed by atoms with Crippen LogP contribution in [0.25, 0.3) is 0 Å². The number of nitrogens with one attached hydrogen (secondary N) is 3. The summed E-state index contributed by atoms with van der Waals surface area (Å²) in [6, 6.07) is -6.56. The lowest BCUT2D eigenvalue weighted by Gasteiger charge is -2.55. The molecule has 0 aromatic heterocycles. The van der Waals surface area contributed by atoms with Crippen LogP contribution in [0, 0.1) is 17.3 Å². The highest BCUT2D eigenvalue weighted by Gasteiger charge is 2.61. The average Bonchev–Trinajstić information content (AvgIpc) is 3.22. The van der Waals surface area contributed by atoms with Gasteiger partial charge in [-0.25, -0.2) is 17.2 Å².